The minimum absolute atomic E-state index is 0.635. The van der Waals surface area contributed by atoms with Gasteiger partial charge in [0.15, 0.2) is 5.58 Å². The first-order valence-corrected chi connectivity index (χ1v) is 8.99. The van der Waals surface area contributed by atoms with E-state index in [4.69, 9.17) is 4.42 Å². The third kappa shape index (κ3) is 2.72. The number of para-hydroxylation sites is 3. The molecule has 5 rings (SSSR count). The van der Waals surface area contributed by atoms with Gasteiger partial charge in [0.2, 0.25) is 5.89 Å². The van der Waals surface area contributed by atoms with Gasteiger partial charge in [-0.15, -0.1) is 0 Å². The molecule has 1 aliphatic heterocycles. The van der Waals surface area contributed by atoms with E-state index in [-0.39, 0.29) is 0 Å². The Balaban J connectivity index is 1.28. The maximum absolute atomic E-state index is 5.87. The number of aromatic amines is 1. The monoisotopic (exact) mass is 331 g/mol. The van der Waals surface area contributed by atoms with E-state index >= 15 is 0 Å². The summed E-state index contributed by atoms with van der Waals surface area (Å²) in [4.78, 5) is 10.5. The molecule has 1 fully saturated rings. The molecule has 25 heavy (non-hydrogen) atoms. The zero-order valence-corrected chi connectivity index (χ0v) is 14.1. The van der Waals surface area contributed by atoms with Crippen molar-refractivity contribution in [1.29, 1.82) is 0 Å². The second kappa shape index (κ2) is 6.05. The second-order valence-corrected chi connectivity index (χ2v) is 6.92. The Kier molecular flexibility index (Phi) is 3.56. The maximum atomic E-state index is 5.87. The average molecular weight is 331 g/mol. The van der Waals surface area contributed by atoms with Gasteiger partial charge in [-0.3, -0.25) is 4.90 Å². The van der Waals surface area contributed by atoms with Crippen molar-refractivity contribution in [1.82, 2.24) is 14.9 Å². The van der Waals surface area contributed by atoms with Crippen LogP contribution in [-0.2, 0) is 6.54 Å². The van der Waals surface area contributed by atoms with E-state index < -0.39 is 0 Å². The predicted octanol–water partition coefficient (Wildman–Crippen LogP) is 4.69. The standard InChI is InChI=1S/C21H21N3O/c1-2-6-18-16(5-1)17(13-22-18)15-9-11-24(12-10-15)14-21-23-19-7-3-4-8-20(19)25-21/h1-8,13,15,22H,9-12,14H2. The summed E-state index contributed by atoms with van der Waals surface area (Å²) in [5.74, 6) is 1.46. The molecule has 0 unspecified atom stereocenters. The van der Waals surface area contributed by atoms with Crippen LogP contribution in [0, 0.1) is 0 Å². The van der Waals surface area contributed by atoms with Crippen molar-refractivity contribution >= 4 is 22.0 Å². The van der Waals surface area contributed by atoms with E-state index in [1.54, 1.807) is 0 Å². The number of nitrogens with zero attached hydrogens (tertiary/aromatic N) is 2. The zero-order valence-electron chi connectivity index (χ0n) is 14.1. The molecular weight excluding hydrogens is 310 g/mol. The van der Waals surface area contributed by atoms with Crippen molar-refractivity contribution < 1.29 is 4.42 Å². The number of oxazole rings is 1. The molecule has 0 radical (unpaired) electrons. The van der Waals surface area contributed by atoms with E-state index in [9.17, 15) is 0 Å². The molecule has 3 heterocycles. The fourth-order valence-electron chi connectivity index (χ4n) is 4.01. The lowest BCUT2D eigenvalue weighted by atomic mass is 9.89. The van der Waals surface area contributed by atoms with Gasteiger partial charge in [-0.25, -0.2) is 4.98 Å². The molecule has 1 aliphatic rings. The zero-order chi connectivity index (χ0) is 16.6. The minimum atomic E-state index is 0.635. The van der Waals surface area contributed by atoms with E-state index in [0.717, 1.165) is 36.6 Å². The van der Waals surface area contributed by atoms with Crippen LogP contribution in [0.1, 0.15) is 30.2 Å². The highest BCUT2D eigenvalue weighted by atomic mass is 16.3. The van der Waals surface area contributed by atoms with Crippen LogP contribution in [0.25, 0.3) is 22.0 Å². The number of benzene rings is 2. The summed E-state index contributed by atoms with van der Waals surface area (Å²) in [5, 5.41) is 1.37. The Morgan fingerprint density at radius 2 is 1.84 bits per heavy atom. The molecule has 2 aromatic carbocycles. The van der Waals surface area contributed by atoms with Crippen molar-refractivity contribution in [3.05, 3.63) is 66.2 Å². The molecule has 0 amide bonds. The van der Waals surface area contributed by atoms with Crippen LogP contribution in [0.15, 0.2) is 59.1 Å². The van der Waals surface area contributed by atoms with Crippen molar-refractivity contribution in [2.75, 3.05) is 13.1 Å². The number of fused-ring (bicyclic) bond motifs is 2. The van der Waals surface area contributed by atoms with Gasteiger partial charge in [0.25, 0.3) is 0 Å². The smallest absolute Gasteiger partial charge is 0.209 e. The van der Waals surface area contributed by atoms with Gasteiger partial charge in [0.05, 0.1) is 6.54 Å². The van der Waals surface area contributed by atoms with E-state index in [2.05, 4.69) is 45.3 Å². The van der Waals surface area contributed by atoms with Crippen LogP contribution in [-0.4, -0.2) is 28.0 Å². The Bertz CT molecular complexity index is 975. The molecular formula is C21H21N3O. The number of hydrogen-bond acceptors (Lipinski definition) is 3. The van der Waals surface area contributed by atoms with Gasteiger partial charge in [-0.1, -0.05) is 30.3 Å². The summed E-state index contributed by atoms with van der Waals surface area (Å²) in [6, 6.07) is 16.6. The lowest BCUT2D eigenvalue weighted by molar-refractivity contribution is 0.189. The SMILES string of the molecule is c1ccc2oc(CN3CCC(c4c[nH]c5ccccc45)CC3)nc2c1. The fraction of sp³-hybridized carbons (Fsp3) is 0.286. The largest absolute Gasteiger partial charge is 0.439 e. The van der Waals surface area contributed by atoms with Gasteiger partial charge >= 0.3 is 0 Å². The van der Waals surface area contributed by atoms with Crippen LogP contribution < -0.4 is 0 Å². The molecule has 0 atom stereocenters. The predicted molar refractivity (Wildman–Crippen MR) is 99.6 cm³/mol. The first-order chi connectivity index (χ1) is 12.4. The van der Waals surface area contributed by atoms with Gasteiger partial charge in [-0.05, 0) is 55.6 Å². The lowest BCUT2D eigenvalue weighted by Crippen LogP contribution is -2.32. The number of hydrogen-bond donors (Lipinski definition) is 1. The van der Waals surface area contributed by atoms with Crippen LogP contribution in [0.4, 0.5) is 0 Å². The molecule has 0 aliphatic carbocycles. The molecule has 126 valence electrons. The molecule has 4 nitrogen and oxygen atoms in total. The van der Waals surface area contributed by atoms with Crippen molar-refractivity contribution in [2.45, 2.75) is 25.3 Å². The third-order valence-electron chi connectivity index (χ3n) is 5.35. The van der Waals surface area contributed by atoms with Gasteiger partial charge in [-0.2, -0.15) is 0 Å². The van der Waals surface area contributed by atoms with Crippen LogP contribution in [0.5, 0.6) is 0 Å². The molecule has 1 saturated heterocycles. The molecule has 1 N–H and O–H groups in total. The molecule has 0 saturated carbocycles. The van der Waals surface area contributed by atoms with Gasteiger partial charge < -0.3 is 9.40 Å². The fourth-order valence-corrected chi connectivity index (χ4v) is 4.01. The normalized spacial score (nSPS) is 16.8. The van der Waals surface area contributed by atoms with Crippen LogP contribution in [0.3, 0.4) is 0 Å². The average Bonchev–Trinajstić information content (AvgIpc) is 3.26. The highest BCUT2D eigenvalue weighted by Crippen LogP contribution is 2.33. The molecule has 0 spiro atoms. The quantitative estimate of drug-likeness (QED) is 0.592. The Hall–Kier alpha value is -2.59. The number of rotatable bonds is 3. The number of H-pyrrole nitrogens is 1. The third-order valence-corrected chi connectivity index (χ3v) is 5.35. The maximum Gasteiger partial charge on any atom is 0.209 e. The summed E-state index contributed by atoms with van der Waals surface area (Å²) in [6.07, 6.45) is 4.57. The molecule has 4 aromatic rings. The van der Waals surface area contributed by atoms with E-state index in [1.165, 1.54) is 29.3 Å². The molecule has 0 bridgehead atoms. The highest BCUT2D eigenvalue weighted by molar-refractivity contribution is 5.83. The second-order valence-electron chi connectivity index (χ2n) is 6.92. The van der Waals surface area contributed by atoms with Gasteiger partial charge in [0.1, 0.15) is 5.52 Å². The molecule has 4 heteroatoms. The number of aromatic nitrogens is 2. The summed E-state index contributed by atoms with van der Waals surface area (Å²) in [6.45, 7) is 2.97. The number of likely N-dealkylation sites (tertiary alicyclic amines) is 1. The summed E-state index contributed by atoms with van der Waals surface area (Å²) >= 11 is 0. The Labute approximate surface area is 146 Å². The number of piperidine rings is 1. The van der Waals surface area contributed by atoms with Crippen LogP contribution in [0.2, 0.25) is 0 Å². The van der Waals surface area contributed by atoms with Crippen molar-refractivity contribution in [2.24, 2.45) is 0 Å². The lowest BCUT2D eigenvalue weighted by Gasteiger charge is -2.31. The Morgan fingerprint density at radius 1 is 1.04 bits per heavy atom. The van der Waals surface area contributed by atoms with Crippen molar-refractivity contribution in [3.63, 3.8) is 0 Å². The summed E-state index contributed by atoms with van der Waals surface area (Å²) in [7, 11) is 0. The summed E-state index contributed by atoms with van der Waals surface area (Å²) in [5.41, 5.74) is 4.54. The topological polar surface area (TPSA) is 45.1 Å². The van der Waals surface area contributed by atoms with E-state index in [1.807, 2.05) is 24.3 Å². The van der Waals surface area contributed by atoms with Crippen LogP contribution >= 0.6 is 0 Å². The highest BCUT2D eigenvalue weighted by Gasteiger charge is 2.23. The first kappa shape index (κ1) is 14.7. The van der Waals surface area contributed by atoms with Gasteiger partial charge in [0, 0.05) is 17.1 Å². The summed E-state index contributed by atoms with van der Waals surface area (Å²) < 4.78 is 5.87. The Morgan fingerprint density at radius 3 is 2.72 bits per heavy atom. The molecule has 2 aromatic heterocycles. The van der Waals surface area contributed by atoms with Crippen molar-refractivity contribution in [3.8, 4) is 0 Å². The first-order valence-electron chi connectivity index (χ1n) is 8.99. The minimum Gasteiger partial charge on any atom is -0.439 e. The number of nitrogens with one attached hydrogen (secondary N) is 1. The van der Waals surface area contributed by atoms with E-state index in [0.29, 0.717) is 5.92 Å².